The Morgan fingerprint density at radius 1 is 1.28 bits per heavy atom. The van der Waals surface area contributed by atoms with E-state index in [0.29, 0.717) is 18.4 Å². The molecule has 5 nitrogen and oxygen atoms in total. The molecule has 0 saturated carbocycles. The Bertz CT molecular complexity index is 534. The van der Waals surface area contributed by atoms with Crippen LogP contribution in [0.1, 0.15) is 42.9 Å². The van der Waals surface area contributed by atoms with E-state index in [9.17, 15) is 0 Å². The van der Waals surface area contributed by atoms with Gasteiger partial charge < -0.3 is 9.73 Å². The summed E-state index contributed by atoms with van der Waals surface area (Å²) < 4.78 is 5.40. The van der Waals surface area contributed by atoms with Gasteiger partial charge in [-0.15, -0.1) is 0 Å². The SMILES string of the molecule is Cc1cc(NCc2ncc(C)o2)nc(C(C)C)n1. The first-order chi connectivity index (χ1) is 8.54. The largest absolute Gasteiger partial charge is 0.444 e. The summed E-state index contributed by atoms with van der Waals surface area (Å²) in [4.78, 5) is 13.0. The maximum atomic E-state index is 5.40. The molecule has 2 heterocycles. The molecule has 0 aliphatic rings. The van der Waals surface area contributed by atoms with Gasteiger partial charge in [0.15, 0.2) is 0 Å². The van der Waals surface area contributed by atoms with Gasteiger partial charge in [0.2, 0.25) is 5.89 Å². The average Bonchev–Trinajstić information content (AvgIpc) is 2.72. The zero-order valence-corrected chi connectivity index (χ0v) is 11.2. The molecular weight excluding hydrogens is 228 g/mol. The molecule has 5 heteroatoms. The Labute approximate surface area is 107 Å². The fraction of sp³-hybridized carbons (Fsp3) is 0.462. The molecule has 96 valence electrons. The Morgan fingerprint density at radius 3 is 2.67 bits per heavy atom. The minimum absolute atomic E-state index is 0.314. The summed E-state index contributed by atoms with van der Waals surface area (Å²) in [6, 6.07) is 1.92. The number of nitrogens with zero attached hydrogens (tertiary/aromatic N) is 3. The Hall–Kier alpha value is -1.91. The summed E-state index contributed by atoms with van der Waals surface area (Å²) in [5.41, 5.74) is 0.958. The van der Waals surface area contributed by atoms with Gasteiger partial charge in [-0.3, -0.25) is 0 Å². The minimum atomic E-state index is 0.314. The molecule has 2 aromatic rings. The van der Waals surface area contributed by atoms with Crippen molar-refractivity contribution in [3.63, 3.8) is 0 Å². The van der Waals surface area contributed by atoms with E-state index in [2.05, 4.69) is 34.1 Å². The molecule has 0 saturated heterocycles. The number of hydrogen-bond donors (Lipinski definition) is 1. The van der Waals surface area contributed by atoms with Crippen molar-refractivity contribution in [1.29, 1.82) is 0 Å². The van der Waals surface area contributed by atoms with E-state index in [1.165, 1.54) is 0 Å². The molecule has 0 unspecified atom stereocenters. The highest BCUT2D eigenvalue weighted by atomic mass is 16.4. The van der Waals surface area contributed by atoms with Crippen LogP contribution in [-0.2, 0) is 6.54 Å². The van der Waals surface area contributed by atoms with E-state index in [-0.39, 0.29) is 0 Å². The van der Waals surface area contributed by atoms with Gasteiger partial charge in [0.05, 0.1) is 12.7 Å². The lowest BCUT2D eigenvalue weighted by Crippen LogP contribution is -2.06. The number of anilines is 1. The molecule has 0 aliphatic carbocycles. The van der Waals surface area contributed by atoms with Crippen LogP contribution in [0.5, 0.6) is 0 Å². The van der Waals surface area contributed by atoms with Gasteiger partial charge >= 0.3 is 0 Å². The van der Waals surface area contributed by atoms with Crippen LogP contribution in [0.2, 0.25) is 0 Å². The van der Waals surface area contributed by atoms with Gasteiger partial charge in [0, 0.05) is 17.7 Å². The molecule has 1 N–H and O–H groups in total. The highest BCUT2D eigenvalue weighted by Crippen LogP contribution is 2.14. The van der Waals surface area contributed by atoms with Crippen molar-refractivity contribution in [3.05, 3.63) is 35.4 Å². The summed E-state index contributed by atoms with van der Waals surface area (Å²) in [6.45, 7) is 8.53. The zero-order chi connectivity index (χ0) is 13.1. The third-order valence-corrected chi connectivity index (χ3v) is 2.48. The molecule has 0 spiro atoms. The second-order valence-corrected chi connectivity index (χ2v) is 4.63. The molecule has 0 radical (unpaired) electrons. The van der Waals surface area contributed by atoms with Crippen molar-refractivity contribution in [3.8, 4) is 0 Å². The first-order valence-electron chi connectivity index (χ1n) is 6.05. The second-order valence-electron chi connectivity index (χ2n) is 4.63. The van der Waals surface area contributed by atoms with Gasteiger partial charge in [-0.25, -0.2) is 15.0 Å². The monoisotopic (exact) mass is 246 g/mol. The lowest BCUT2D eigenvalue weighted by Gasteiger charge is -2.09. The van der Waals surface area contributed by atoms with E-state index in [4.69, 9.17) is 4.42 Å². The van der Waals surface area contributed by atoms with Gasteiger partial charge in [0.25, 0.3) is 0 Å². The molecule has 0 atom stereocenters. The van der Waals surface area contributed by atoms with Crippen molar-refractivity contribution < 1.29 is 4.42 Å². The Morgan fingerprint density at radius 2 is 2.06 bits per heavy atom. The smallest absolute Gasteiger partial charge is 0.213 e. The van der Waals surface area contributed by atoms with Crippen LogP contribution in [0, 0.1) is 13.8 Å². The van der Waals surface area contributed by atoms with Crippen LogP contribution in [0.15, 0.2) is 16.7 Å². The fourth-order valence-electron chi connectivity index (χ4n) is 1.59. The first kappa shape index (κ1) is 12.5. The van der Waals surface area contributed by atoms with E-state index >= 15 is 0 Å². The molecule has 0 aliphatic heterocycles. The summed E-state index contributed by atoms with van der Waals surface area (Å²) in [7, 11) is 0. The number of aromatic nitrogens is 3. The van der Waals surface area contributed by atoms with Crippen LogP contribution < -0.4 is 5.32 Å². The Balaban J connectivity index is 2.09. The van der Waals surface area contributed by atoms with Crippen LogP contribution in [0.25, 0.3) is 0 Å². The van der Waals surface area contributed by atoms with E-state index in [0.717, 1.165) is 23.1 Å². The minimum Gasteiger partial charge on any atom is -0.444 e. The number of rotatable bonds is 4. The predicted octanol–water partition coefficient (Wildman–Crippen LogP) is 2.82. The van der Waals surface area contributed by atoms with Gasteiger partial charge in [-0.2, -0.15) is 0 Å². The number of nitrogens with one attached hydrogen (secondary N) is 1. The van der Waals surface area contributed by atoms with Crippen LogP contribution in [0.3, 0.4) is 0 Å². The third-order valence-electron chi connectivity index (χ3n) is 2.48. The zero-order valence-electron chi connectivity index (χ0n) is 11.2. The van der Waals surface area contributed by atoms with E-state index in [1.54, 1.807) is 6.20 Å². The molecular formula is C13H18N4O. The molecule has 0 bridgehead atoms. The lowest BCUT2D eigenvalue weighted by atomic mass is 10.2. The van der Waals surface area contributed by atoms with Gasteiger partial charge in [-0.1, -0.05) is 13.8 Å². The van der Waals surface area contributed by atoms with Crippen molar-refractivity contribution in [2.75, 3.05) is 5.32 Å². The summed E-state index contributed by atoms with van der Waals surface area (Å²) in [6.07, 6.45) is 1.71. The highest BCUT2D eigenvalue weighted by Gasteiger charge is 2.07. The van der Waals surface area contributed by atoms with Crippen molar-refractivity contribution in [2.24, 2.45) is 0 Å². The number of oxazole rings is 1. The quantitative estimate of drug-likeness (QED) is 0.898. The van der Waals surface area contributed by atoms with Crippen LogP contribution in [0.4, 0.5) is 5.82 Å². The molecule has 18 heavy (non-hydrogen) atoms. The third kappa shape index (κ3) is 3.06. The van der Waals surface area contributed by atoms with Crippen molar-refractivity contribution in [1.82, 2.24) is 15.0 Å². The average molecular weight is 246 g/mol. The standard InChI is InChI=1S/C13H18N4O/c1-8(2)13-16-9(3)5-11(17-13)14-7-12-15-6-10(4)18-12/h5-6,8H,7H2,1-4H3,(H,14,16,17). The first-order valence-corrected chi connectivity index (χ1v) is 6.05. The van der Waals surface area contributed by atoms with Crippen LogP contribution in [-0.4, -0.2) is 15.0 Å². The number of hydrogen-bond acceptors (Lipinski definition) is 5. The normalized spacial score (nSPS) is 10.9. The second kappa shape index (κ2) is 5.16. The van der Waals surface area contributed by atoms with Gasteiger partial charge in [0.1, 0.15) is 17.4 Å². The van der Waals surface area contributed by atoms with E-state index in [1.807, 2.05) is 19.9 Å². The topological polar surface area (TPSA) is 63.8 Å². The van der Waals surface area contributed by atoms with E-state index < -0.39 is 0 Å². The Kier molecular flexibility index (Phi) is 3.60. The highest BCUT2D eigenvalue weighted by molar-refractivity contribution is 5.36. The molecule has 0 fully saturated rings. The lowest BCUT2D eigenvalue weighted by molar-refractivity contribution is 0.478. The molecule has 0 aromatic carbocycles. The predicted molar refractivity (Wildman–Crippen MR) is 69.4 cm³/mol. The number of aryl methyl sites for hydroxylation is 2. The van der Waals surface area contributed by atoms with Gasteiger partial charge in [-0.05, 0) is 13.8 Å². The van der Waals surface area contributed by atoms with Crippen molar-refractivity contribution >= 4 is 5.82 Å². The molecule has 0 amide bonds. The molecule has 2 rings (SSSR count). The fourth-order valence-corrected chi connectivity index (χ4v) is 1.59. The molecule has 2 aromatic heterocycles. The van der Waals surface area contributed by atoms with Crippen LogP contribution >= 0.6 is 0 Å². The summed E-state index contributed by atoms with van der Waals surface area (Å²) >= 11 is 0. The summed E-state index contributed by atoms with van der Waals surface area (Å²) in [5.74, 6) is 3.45. The summed E-state index contributed by atoms with van der Waals surface area (Å²) in [5, 5.41) is 3.20. The van der Waals surface area contributed by atoms with Crippen molar-refractivity contribution in [2.45, 2.75) is 40.2 Å². The maximum Gasteiger partial charge on any atom is 0.213 e. The maximum absolute atomic E-state index is 5.40.